The molecular weight excluding hydrogens is 248 g/mol. The summed E-state index contributed by atoms with van der Waals surface area (Å²) >= 11 is 1.52. The van der Waals surface area contributed by atoms with E-state index in [0.29, 0.717) is 18.4 Å². The van der Waals surface area contributed by atoms with Crippen molar-refractivity contribution in [3.05, 3.63) is 16.5 Å². The average Bonchev–Trinajstić information content (AvgIpc) is 2.92. The Labute approximate surface area is 110 Å². The number of aryl methyl sites for hydroxylation is 2. The zero-order valence-electron chi connectivity index (χ0n) is 10.9. The van der Waals surface area contributed by atoms with Crippen LogP contribution in [0.1, 0.15) is 36.8 Å². The lowest BCUT2D eigenvalue weighted by Crippen LogP contribution is -1.94. The van der Waals surface area contributed by atoms with Crippen LogP contribution in [0, 0.1) is 12.8 Å². The van der Waals surface area contributed by atoms with Crippen molar-refractivity contribution in [2.75, 3.05) is 0 Å². The first kappa shape index (κ1) is 13.2. The van der Waals surface area contributed by atoms with Crippen LogP contribution >= 0.6 is 11.3 Å². The van der Waals surface area contributed by atoms with Crippen LogP contribution < -0.4 is 5.73 Å². The average molecular weight is 266 g/mol. The molecule has 0 fully saturated rings. The summed E-state index contributed by atoms with van der Waals surface area (Å²) in [5.74, 6) is 1.96. The molecule has 2 heterocycles. The van der Waals surface area contributed by atoms with Crippen LogP contribution in [0.4, 0.5) is 0 Å². The van der Waals surface area contributed by atoms with Crippen molar-refractivity contribution in [1.82, 2.24) is 15.1 Å². The number of hydrogen-bond donors (Lipinski definition) is 1. The van der Waals surface area contributed by atoms with Crippen LogP contribution in [-0.2, 0) is 13.0 Å². The second-order valence-electron chi connectivity index (χ2n) is 4.67. The summed E-state index contributed by atoms with van der Waals surface area (Å²) in [6.45, 7) is 6.74. The van der Waals surface area contributed by atoms with Gasteiger partial charge in [-0.25, -0.2) is 4.98 Å². The molecule has 0 unspecified atom stereocenters. The topological polar surface area (TPSA) is 77.8 Å². The molecule has 0 bridgehead atoms. The van der Waals surface area contributed by atoms with E-state index in [1.807, 2.05) is 6.92 Å². The monoisotopic (exact) mass is 266 g/mol. The molecule has 0 amide bonds. The Morgan fingerprint density at radius 3 is 2.72 bits per heavy atom. The van der Waals surface area contributed by atoms with E-state index in [2.05, 4.69) is 29.0 Å². The molecule has 0 radical (unpaired) electrons. The highest BCUT2D eigenvalue weighted by Crippen LogP contribution is 2.28. The molecule has 2 N–H and O–H groups in total. The SMILES string of the molecule is Cc1nc(CN)sc1-c1nc(CCC(C)C)no1. The van der Waals surface area contributed by atoms with E-state index in [0.717, 1.165) is 34.2 Å². The lowest BCUT2D eigenvalue weighted by atomic mass is 10.1. The molecule has 0 aromatic carbocycles. The van der Waals surface area contributed by atoms with Crippen LogP contribution in [0.25, 0.3) is 10.8 Å². The molecule has 0 aliphatic carbocycles. The van der Waals surface area contributed by atoms with Crippen molar-refractivity contribution in [3.8, 4) is 10.8 Å². The number of thiazole rings is 1. The zero-order chi connectivity index (χ0) is 13.1. The first-order chi connectivity index (χ1) is 8.60. The predicted octanol–water partition coefficient (Wildman–Crippen LogP) is 2.55. The standard InChI is InChI=1S/C12H18N4OS/c1-7(2)4-5-9-15-12(17-16-9)11-8(3)14-10(6-13)18-11/h7H,4-6,13H2,1-3H3. The van der Waals surface area contributed by atoms with Crippen molar-refractivity contribution in [2.45, 2.75) is 40.2 Å². The first-order valence-corrected chi connectivity index (χ1v) is 6.91. The van der Waals surface area contributed by atoms with E-state index >= 15 is 0 Å². The van der Waals surface area contributed by atoms with Gasteiger partial charge in [0.15, 0.2) is 5.82 Å². The summed E-state index contributed by atoms with van der Waals surface area (Å²) in [6, 6.07) is 0. The normalized spacial score (nSPS) is 11.4. The van der Waals surface area contributed by atoms with E-state index in [1.165, 1.54) is 11.3 Å². The number of rotatable bonds is 5. The van der Waals surface area contributed by atoms with Gasteiger partial charge < -0.3 is 10.3 Å². The van der Waals surface area contributed by atoms with Crippen molar-refractivity contribution < 1.29 is 4.52 Å². The molecule has 0 spiro atoms. The molecule has 0 aliphatic heterocycles. The van der Waals surface area contributed by atoms with Gasteiger partial charge in [-0.05, 0) is 19.3 Å². The lowest BCUT2D eigenvalue weighted by Gasteiger charge is -1.98. The fourth-order valence-corrected chi connectivity index (χ4v) is 2.47. The molecular formula is C12H18N4OS. The molecule has 98 valence electrons. The minimum Gasteiger partial charge on any atom is -0.333 e. The molecule has 5 nitrogen and oxygen atoms in total. The Morgan fingerprint density at radius 1 is 1.33 bits per heavy atom. The van der Waals surface area contributed by atoms with Crippen LogP contribution in [0.15, 0.2) is 4.52 Å². The fraction of sp³-hybridized carbons (Fsp3) is 0.583. The van der Waals surface area contributed by atoms with Gasteiger partial charge in [0, 0.05) is 13.0 Å². The number of aromatic nitrogens is 3. The fourth-order valence-electron chi connectivity index (χ4n) is 1.60. The minimum absolute atomic E-state index is 0.444. The molecule has 0 atom stereocenters. The highest BCUT2D eigenvalue weighted by Gasteiger charge is 2.15. The quantitative estimate of drug-likeness (QED) is 0.899. The molecule has 0 saturated carbocycles. The molecule has 0 aliphatic rings. The van der Waals surface area contributed by atoms with Crippen molar-refractivity contribution >= 4 is 11.3 Å². The second kappa shape index (κ2) is 5.58. The number of nitrogens with two attached hydrogens (primary N) is 1. The van der Waals surface area contributed by atoms with Gasteiger partial charge in [0.2, 0.25) is 0 Å². The Balaban J connectivity index is 2.15. The zero-order valence-corrected chi connectivity index (χ0v) is 11.8. The smallest absolute Gasteiger partial charge is 0.269 e. The van der Waals surface area contributed by atoms with Gasteiger partial charge in [0.05, 0.1) is 5.69 Å². The second-order valence-corrected chi connectivity index (χ2v) is 5.76. The maximum Gasteiger partial charge on any atom is 0.269 e. The summed E-state index contributed by atoms with van der Waals surface area (Å²) < 4.78 is 5.29. The first-order valence-electron chi connectivity index (χ1n) is 6.09. The van der Waals surface area contributed by atoms with Gasteiger partial charge >= 0.3 is 0 Å². The largest absolute Gasteiger partial charge is 0.333 e. The third-order valence-electron chi connectivity index (χ3n) is 2.62. The number of nitrogens with zero attached hydrogens (tertiary/aromatic N) is 3. The molecule has 6 heteroatoms. The van der Waals surface area contributed by atoms with E-state index in [4.69, 9.17) is 10.3 Å². The van der Waals surface area contributed by atoms with Gasteiger partial charge in [-0.15, -0.1) is 11.3 Å². The maximum absolute atomic E-state index is 5.58. The van der Waals surface area contributed by atoms with E-state index < -0.39 is 0 Å². The van der Waals surface area contributed by atoms with Gasteiger partial charge in [0.1, 0.15) is 9.88 Å². The van der Waals surface area contributed by atoms with Crippen LogP contribution in [-0.4, -0.2) is 15.1 Å². The third-order valence-corrected chi connectivity index (χ3v) is 3.79. The van der Waals surface area contributed by atoms with Crippen molar-refractivity contribution in [1.29, 1.82) is 0 Å². The Kier molecular flexibility index (Phi) is 4.08. The Bertz CT molecular complexity index is 518. The summed E-state index contributed by atoms with van der Waals surface area (Å²) in [6.07, 6.45) is 1.91. The molecule has 2 aromatic heterocycles. The van der Waals surface area contributed by atoms with E-state index in [9.17, 15) is 0 Å². The van der Waals surface area contributed by atoms with Gasteiger partial charge in [0.25, 0.3) is 5.89 Å². The van der Waals surface area contributed by atoms with Crippen molar-refractivity contribution in [2.24, 2.45) is 11.7 Å². The highest BCUT2D eigenvalue weighted by atomic mass is 32.1. The lowest BCUT2D eigenvalue weighted by molar-refractivity contribution is 0.419. The summed E-state index contributed by atoms with van der Waals surface area (Å²) in [5, 5.41) is 4.90. The molecule has 2 aromatic rings. The Hall–Kier alpha value is -1.27. The maximum atomic E-state index is 5.58. The van der Waals surface area contributed by atoms with Crippen molar-refractivity contribution in [3.63, 3.8) is 0 Å². The van der Waals surface area contributed by atoms with Crippen LogP contribution in [0.2, 0.25) is 0 Å². The molecule has 0 saturated heterocycles. The van der Waals surface area contributed by atoms with E-state index in [1.54, 1.807) is 0 Å². The Morgan fingerprint density at radius 2 is 2.11 bits per heavy atom. The predicted molar refractivity (Wildman–Crippen MR) is 71.2 cm³/mol. The van der Waals surface area contributed by atoms with E-state index in [-0.39, 0.29) is 0 Å². The molecule has 18 heavy (non-hydrogen) atoms. The molecule has 2 rings (SSSR count). The summed E-state index contributed by atoms with van der Waals surface area (Å²) in [4.78, 5) is 9.70. The van der Waals surface area contributed by atoms with Gasteiger partial charge in [-0.2, -0.15) is 4.98 Å². The summed E-state index contributed by atoms with van der Waals surface area (Å²) in [5.41, 5.74) is 6.48. The van der Waals surface area contributed by atoms with Gasteiger partial charge in [-0.1, -0.05) is 19.0 Å². The highest BCUT2D eigenvalue weighted by molar-refractivity contribution is 7.15. The summed E-state index contributed by atoms with van der Waals surface area (Å²) in [7, 11) is 0. The third kappa shape index (κ3) is 2.94. The van der Waals surface area contributed by atoms with Crippen LogP contribution in [0.3, 0.4) is 0 Å². The number of hydrogen-bond acceptors (Lipinski definition) is 6. The minimum atomic E-state index is 0.444. The van der Waals surface area contributed by atoms with Gasteiger partial charge in [-0.3, -0.25) is 0 Å². The van der Waals surface area contributed by atoms with Crippen LogP contribution in [0.5, 0.6) is 0 Å².